The van der Waals surface area contributed by atoms with Gasteiger partial charge in [0, 0.05) is 13.3 Å². The molecule has 1 heterocycles. The van der Waals surface area contributed by atoms with Gasteiger partial charge in [-0.05, 0) is 11.6 Å². The van der Waals surface area contributed by atoms with Crippen molar-refractivity contribution in [1.82, 2.24) is 4.98 Å². The SMILES string of the molecule is COCc1cnc(N)c(C(=O)O)c1. The van der Waals surface area contributed by atoms with Crippen LogP contribution in [-0.2, 0) is 11.3 Å². The molecule has 5 heteroatoms. The second-order valence-corrected chi connectivity index (χ2v) is 2.51. The molecule has 5 nitrogen and oxygen atoms in total. The van der Waals surface area contributed by atoms with Crippen LogP contribution in [0.3, 0.4) is 0 Å². The molecular weight excluding hydrogens is 172 g/mol. The Morgan fingerprint density at radius 2 is 2.46 bits per heavy atom. The zero-order valence-electron chi connectivity index (χ0n) is 7.15. The molecule has 1 rings (SSSR count). The molecule has 70 valence electrons. The first-order valence-electron chi connectivity index (χ1n) is 3.61. The summed E-state index contributed by atoms with van der Waals surface area (Å²) in [6.07, 6.45) is 1.49. The largest absolute Gasteiger partial charge is 0.478 e. The van der Waals surface area contributed by atoms with E-state index in [-0.39, 0.29) is 11.4 Å². The minimum Gasteiger partial charge on any atom is -0.478 e. The highest BCUT2D eigenvalue weighted by molar-refractivity contribution is 5.92. The van der Waals surface area contributed by atoms with Crippen LogP contribution in [-0.4, -0.2) is 23.2 Å². The summed E-state index contributed by atoms with van der Waals surface area (Å²) in [5.41, 5.74) is 6.05. The number of carboxylic acid groups (broad SMARTS) is 1. The van der Waals surface area contributed by atoms with E-state index < -0.39 is 5.97 Å². The maximum atomic E-state index is 10.6. The van der Waals surface area contributed by atoms with Crippen LogP contribution in [0.25, 0.3) is 0 Å². The quantitative estimate of drug-likeness (QED) is 0.711. The second kappa shape index (κ2) is 3.86. The Hall–Kier alpha value is -1.62. The van der Waals surface area contributed by atoms with Crippen LogP contribution in [0.5, 0.6) is 0 Å². The molecule has 0 bridgehead atoms. The highest BCUT2D eigenvalue weighted by atomic mass is 16.5. The molecule has 0 fully saturated rings. The van der Waals surface area contributed by atoms with Crippen LogP contribution >= 0.6 is 0 Å². The van der Waals surface area contributed by atoms with E-state index in [1.807, 2.05) is 0 Å². The van der Waals surface area contributed by atoms with Crippen molar-refractivity contribution in [2.75, 3.05) is 12.8 Å². The first kappa shape index (κ1) is 9.47. The summed E-state index contributed by atoms with van der Waals surface area (Å²) in [7, 11) is 1.52. The van der Waals surface area contributed by atoms with E-state index in [0.29, 0.717) is 12.2 Å². The fraction of sp³-hybridized carbons (Fsp3) is 0.250. The molecule has 3 N–H and O–H groups in total. The first-order valence-corrected chi connectivity index (χ1v) is 3.61. The molecule has 0 spiro atoms. The highest BCUT2D eigenvalue weighted by Crippen LogP contribution is 2.11. The van der Waals surface area contributed by atoms with E-state index in [4.69, 9.17) is 15.6 Å². The summed E-state index contributed by atoms with van der Waals surface area (Å²) in [6, 6.07) is 1.45. The number of hydrogen-bond acceptors (Lipinski definition) is 4. The average molecular weight is 182 g/mol. The third-order valence-electron chi connectivity index (χ3n) is 1.52. The molecule has 13 heavy (non-hydrogen) atoms. The molecular formula is C8H10N2O3. The van der Waals surface area contributed by atoms with Crippen LogP contribution in [0.15, 0.2) is 12.3 Å². The third kappa shape index (κ3) is 2.16. The van der Waals surface area contributed by atoms with Crippen molar-refractivity contribution < 1.29 is 14.6 Å². The van der Waals surface area contributed by atoms with Gasteiger partial charge in [0.25, 0.3) is 0 Å². The molecule has 0 aromatic carbocycles. The molecule has 0 aliphatic carbocycles. The van der Waals surface area contributed by atoms with Crippen LogP contribution in [0, 0.1) is 0 Å². The molecule has 1 aromatic heterocycles. The van der Waals surface area contributed by atoms with E-state index in [9.17, 15) is 4.79 Å². The highest BCUT2D eigenvalue weighted by Gasteiger charge is 2.09. The monoisotopic (exact) mass is 182 g/mol. The molecule has 0 radical (unpaired) electrons. The van der Waals surface area contributed by atoms with Crippen LogP contribution < -0.4 is 5.73 Å². The number of nitrogens with two attached hydrogens (primary N) is 1. The van der Waals surface area contributed by atoms with Crippen molar-refractivity contribution in [2.24, 2.45) is 0 Å². The number of nitrogen functional groups attached to an aromatic ring is 1. The van der Waals surface area contributed by atoms with Crippen LogP contribution in [0.4, 0.5) is 5.82 Å². The predicted molar refractivity (Wildman–Crippen MR) is 46.3 cm³/mol. The van der Waals surface area contributed by atoms with Gasteiger partial charge in [-0.25, -0.2) is 9.78 Å². The van der Waals surface area contributed by atoms with Gasteiger partial charge in [-0.3, -0.25) is 0 Å². The normalized spacial score (nSPS) is 9.92. The van der Waals surface area contributed by atoms with Gasteiger partial charge in [-0.15, -0.1) is 0 Å². The standard InChI is InChI=1S/C8H10N2O3/c1-13-4-5-2-6(8(11)12)7(9)10-3-5/h2-3H,4H2,1H3,(H2,9,10)(H,11,12). The Balaban J connectivity index is 3.04. The molecule has 0 aliphatic rings. The molecule has 1 aromatic rings. The number of rotatable bonds is 3. The number of carbonyl (C=O) groups is 1. The molecule has 0 saturated heterocycles. The zero-order valence-corrected chi connectivity index (χ0v) is 7.15. The maximum absolute atomic E-state index is 10.6. The first-order chi connectivity index (χ1) is 6.15. The van der Waals surface area contributed by atoms with Crippen molar-refractivity contribution in [3.05, 3.63) is 23.4 Å². The summed E-state index contributed by atoms with van der Waals surface area (Å²) >= 11 is 0. The van der Waals surface area contributed by atoms with Crippen molar-refractivity contribution in [1.29, 1.82) is 0 Å². The lowest BCUT2D eigenvalue weighted by atomic mass is 10.2. The lowest BCUT2D eigenvalue weighted by Crippen LogP contribution is -2.05. The summed E-state index contributed by atoms with van der Waals surface area (Å²) in [4.78, 5) is 14.4. The van der Waals surface area contributed by atoms with Crippen molar-refractivity contribution in [3.8, 4) is 0 Å². The number of methoxy groups -OCH3 is 1. The van der Waals surface area contributed by atoms with E-state index in [0.717, 1.165) is 0 Å². The Kier molecular flexibility index (Phi) is 2.81. The molecule has 0 unspecified atom stereocenters. The topological polar surface area (TPSA) is 85.4 Å². The zero-order chi connectivity index (χ0) is 9.84. The Labute approximate surface area is 75.2 Å². The van der Waals surface area contributed by atoms with Gasteiger partial charge in [-0.1, -0.05) is 0 Å². The lowest BCUT2D eigenvalue weighted by molar-refractivity contribution is 0.0697. The third-order valence-corrected chi connectivity index (χ3v) is 1.52. The summed E-state index contributed by atoms with van der Waals surface area (Å²) in [5, 5.41) is 8.70. The van der Waals surface area contributed by atoms with Crippen LogP contribution in [0.2, 0.25) is 0 Å². The maximum Gasteiger partial charge on any atom is 0.339 e. The van der Waals surface area contributed by atoms with Crippen molar-refractivity contribution in [2.45, 2.75) is 6.61 Å². The number of nitrogens with zero attached hydrogens (tertiary/aromatic N) is 1. The Morgan fingerprint density at radius 1 is 1.77 bits per heavy atom. The number of pyridine rings is 1. The molecule has 0 amide bonds. The van der Waals surface area contributed by atoms with E-state index in [1.165, 1.54) is 19.4 Å². The second-order valence-electron chi connectivity index (χ2n) is 2.51. The lowest BCUT2D eigenvalue weighted by Gasteiger charge is -2.02. The smallest absolute Gasteiger partial charge is 0.339 e. The van der Waals surface area contributed by atoms with Gasteiger partial charge in [0.05, 0.1) is 6.61 Å². The van der Waals surface area contributed by atoms with Crippen LogP contribution in [0.1, 0.15) is 15.9 Å². The average Bonchev–Trinajstić information content (AvgIpc) is 2.08. The number of aromatic nitrogens is 1. The number of aromatic carboxylic acids is 1. The Bertz CT molecular complexity index is 325. The van der Waals surface area contributed by atoms with E-state index in [1.54, 1.807) is 0 Å². The number of carboxylic acids is 1. The van der Waals surface area contributed by atoms with Crippen molar-refractivity contribution in [3.63, 3.8) is 0 Å². The van der Waals surface area contributed by atoms with Gasteiger partial charge in [-0.2, -0.15) is 0 Å². The van der Waals surface area contributed by atoms with Gasteiger partial charge < -0.3 is 15.6 Å². The van der Waals surface area contributed by atoms with Gasteiger partial charge in [0.15, 0.2) is 0 Å². The van der Waals surface area contributed by atoms with Gasteiger partial charge >= 0.3 is 5.97 Å². The van der Waals surface area contributed by atoms with E-state index >= 15 is 0 Å². The van der Waals surface area contributed by atoms with Gasteiger partial charge in [0.1, 0.15) is 11.4 Å². The minimum absolute atomic E-state index is 0.00884. The fourth-order valence-electron chi connectivity index (χ4n) is 0.935. The van der Waals surface area contributed by atoms with Crippen molar-refractivity contribution >= 4 is 11.8 Å². The summed E-state index contributed by atoms with van der Waals surface area (Å²) < 4.78 is 4.83. The molecule has 0 saturated carbocycles. The van der Waals surface area contributed by atoms with Gasteiger partial charge in [0.2, 0.25) is 0 Å². The number of ether oxygens (including phenoxy) is 1. The summed E-state index contributed by atoms with van der Waals surface area (Å²) in [5.74, 6) is -1.06. The molecule has 0 aliphatic heterocycles. The number of hydrogen-bond donors (Lipinski definition) is 2. The minimum atomic E-state index is -1.08. The fourth-order valence-corrected chi connectivity index (χ4v) is 0.935. The molecule has 0 atom stereocenters. The van der Waals surface area contributed by atoms with E-state index in [2.05, 4.69) is 4.98 Å². The summed E-state index contributed by atoms with van der Waals surface area (Å²) in [6.45, 7) is 0.327. The predicted octanol–water partition coefficient (Wildman–Crippen LogP) is 0.508. The Morgan fingerprint density at radius 3 is 3.00 bits per heavy atom. The number of anilines is 1.